The van der Waals surface area contributed by atoms with Crippen LogP contribution in [0.15, 0.2) is 57.8 Å². The fraction of sp³-hybridized carbons (Fsp3) is 0.125. The third-order valence-corrected chi connectivity index (χ3v) is 5.53. The highest BCUT2D eigenvalue weighted by molar-refractivity contribution is 7.89. The number of sulfonamides is 1. The summed E-state index contributed by atoms with van der Waals surface area (Å²) in [5.41, 5.74) is 1.14. The number of aromatic nitrogens is 2. The number of nitrogens with zero attached hydrogens (tertiary/aromatic N) is 3. The topological polar surface area (TPSA) is 76.3 Å². The van der Waals surface area contributed by atoms with E-state index in [9.17, 15) is 8.42 Å². The molecule has 0 spiro atoms. The standard InChI is InChI=1S/C16H14ClN3O3S/c1-20(2)24(21,22)12-8-9-14(17)13(10-12)16-19-18-15(23-16)11-6-4-3-5-7-11/h3-10H,1-2H3. The van der Waals surface area contributed by atoms with Crippen molar-refractivity contribution < 1.29 is 12.8 Å². The van der Waals surface area contributed by atoms with Crippen molar-refractivity contribution >= 4 is 21.6 Å². The van der Waals surface area contributed by atoms with E-state index in [1.807, 2.05) is 30.3 Å². The Kier molecular flexibility index (Phi) is 4.40. The molecule has 0 aliphatic heterocycles. The fourth-order valence-electron chi connectivity index (χ4n) is 2.07. The molecule has 0 saturated heterocycles. The van der Waals surface area contributed by atoms with E-state index in [2.05, 4.69) is 10.2 Å². The SMILES string of the molecule is CN(C)S(=O)(=O)c1ccc(Cl)c(-c2nnc(-c3ccccc3)o2)c1. The van der Waals surface area contributed by atoms with Gasteiger partial charge in [-0.1, -0.05) is 29.8 Å². The highest BCUT2D eigenvalue weighted by Crippen LogP contribution is 2.31. The Morgan fingerprint density at radius 1 is 1.00 bits per heavy atom. The normalized spacial score (nSPS) is 11.8. The van der Waals surface area contributed by atoms with E-state index < -0.39 is 10.0 Å². The summed E-state index contributed by atoms with van der Waals surface area (Å²) >= 11 is 6.18. The van der Waals surface area contributed by atoms with Gasteiger partial charge in [0.25, 0.3) is 0 Å². The van der Waals surface area contributed by atoms with Gasteiger partial charge in [-0.15, -0.1) is 10.2 Å². The van der Waals surface area contributed by atoms with E-state index in [-0.39, 0.29) is 10.8 Å². The van der Waals surface area contributed by atoms with Crippen molar-refractivity contribution in [3.8, 4) is 22.9 Å². The van der Waals surface area contributed by atoms with Crippen LogP contribution < -0.4 is 0 Å². The van der Waals surface area contributed by atoms with Crippen molar-refractivity contribution in [3.63, 3.8) is 0 Å². The first-order valence-corrected chi connectivity index (χ1v) is 8.83. The summed E-state index contributed by atoms with van der Waals surface area (Å²) in [4.78, 5) is 0.103. The van der Waals surface area contributed by atoms with E-state index in [4.69, 9.17) is 16.0 Å². The minimum Gasteiger partial charge on any atom is -0.416 e. The molecule has 0 N–H and O–H groups in total. The van der Waals surface area contributed by atoms with Crippen molar-refractivity contribution in [1.29, 1.82) is 0 Å². The molecule has 0 atom stereocenters. The predicted octanol–water partition coefficient (Wildman–Crippen LogP) is 3.31. The van der Waals surface area contributed by atoms with Gasteiger partial charge in [0.15, 0.2) is 0 Å². The first-order chi connectivity index (χ1) is 11.4. The molecule has 1 heterocycles. The van der Waals surface area contributed by atoms with Gasteiger partial charge in [-0.3, -0.25) is 0 Å². The molecule has 0 radical (unpaired) electrons. The highest BCUT2D eigenvalue weighted by Gasteiger charge is 2.21. The summed E-state index contributed by atoms with van der Waals surface area (Å²) in [6.45, 7) is 0. The Morgan fingerprint density at radius 2 is 1.67 bits per heavy atom. The van der Waals surface area contributed by atoms with Gasteiger partial charge < -0.3 is 4.42 Å². The maximum absolute atomic E-state index is 12.3. The van der Waals surface area contributed by atoms with Crippen LogP contribution in [0.2, 0.25) is 5.02 Å². The van der Waals surface area contributed by atoms with Gasteiger partial charge in [0, 0.05) is 19.7 Å². The van der Waals surface area contributed by atoms with E-state index in [1.54, 1.807) is 0 Å². The molecule has 0 saturated carbocycles. The Hall–Kier alpha value is -2.22. The largest absolute Gasteiger partial charge is 0.416 e. The summed E-state index contributed by atoms with van der Waals surface area (Å²) in [5, 5.41) is 8.31. The summed E-state index contributed by atoms with van der Waals surface area (Å²) in [6.07, 6.45) is 0. The van der Waals surface area contributed by atoms with E-state index in [0.717, 1.165) is 9.87 Å². The van der Waals surface area contributed by atoms with Gasteiger partial charge in [0.1, 0.15) is 0 Å². The van der Waals surface area contributed by atoms with Crippen LogP contribution in [-0.4, -0.2) is 37.0 Å². The van der Waals surface area contributed by atoms with Gasteiger partial charge in [0.2, 0.25) is 21.8 Å². The summed E-state index contributed by atoms with van der Waals surface area (Å²) in [7, 11) is -0.660. The highest BCUT2D eigenvalue weighted by atomic mass is 35.5. The number of rotatable bonds is 4. The third-order valence-electron chi connectivity index (χ3n) is 3.39. The minimum absolute atomic E-state index is 0.103. The van der Waals surface area contributed by atoms with Crippen LogP contribution in [0, 0.1) is 0 Å². The zero-order valence-corrected chi connectivity index (χ0v) is 14.5. The Labute approximate surface area is 144 Å². The molecule has 0 aliphatic carbocycles. The number of benzene rings is 2. The predicted molar refractivity (Wildman–Crippen MR) is 91.1 cm³/mol. The number of hydrogen-bond acceptors (Lipinski definition) is 5. The lowest BCUT2D eigenvalue weighted by Crippen LogP contribution is -2.22. The molecule has 0 unspecified atom stereocenters. The van der Waals surface area contributed by atoms with Crippen LogP contribution in [0.1, 0.15) is 0 Å². The van der Waals surface area contributed by atoms with Crippen molar-refractivity contribution in [3.05, 3.63) is 53.6 Å². The lowest BCUT2D eigenvalue weighted by atomic mass is 10.2. The number of hydrogen-bond donors (Lipinski definition) is 0. The molecule has 0 fully saturated rings. The van der Waals surface area contributed by atoms with E-state index in [1.165, 1.54) is 32.3 Å². The zero-order valence-electron chi connectivity index (χ0n) is 13.0. The first-order valence-electron chi connectivity index (χ1n) is 7.01. The van der Waals surface area contributed by atoms with Crippen LogP contribution in [-0.2, 0) is 10.0 Å². The second kappa shape index (κ2) is 6.35. The van der Waals surface area contributed by atoms with Crippen LogP contribution >= 0.6 is 11.6 Å². The molecule has 24 heavy (non-hydrogen) atoms. The quantitative estimate of drug-likeness (QED) is 0.710. The molecule has 6 nitrogen and oxygen atoms in total. The molecule has 0 aliphatic rings. The summed E-state index contributed by atoms with van der Waals surface area (Å²) in [5.74, 6) is 0.497. The average Bonchev–Trinajstić information content (AvgIpc) is 3.05. The van der Waals surface area contributed by atoms with E-state index in [0.29, 0.717) is 16.5 Å². The van der Waals surface area contributed by atoms with Crippen molar-refractivity contribution in [1.82, 2.24) is 14.5 Å². The molecular formula is C16H14ClN3O3S. The molecule has 3 rings (SSSR count). The second-order valence-electron chi connectivity index (χ2n) is 5.21. The van der Waals surface area contributed by atoms with Crippen LogP contribution in [0.25, 0.3) is 22.9 Å². The van der Waals surface area contributed by atoms with Crippen LogP contribution in [0.5, 0.6) is 0 Å². The molecule has 2 aromatic carbocycles. The Morgan fingerprint density at radius 3 is 2.33 bits per heavy atom. The Balaban J connectivity index is 2.06. The van der Waals surface area contributed by atoms with Gasteiger partial charge in [0.05, 0.1) is 15.5 Å². The fourth-order valence-corrected chi connectivity index (χ4v) is 3.20. The average molecular weight is 364 g/mol. The van der Waals surface area contributed by atoms with Crippen molar-refractivity contribution in [2.45, 2.75) is 4.90 Å². The second-order valence-corrected chi connectivity index (χ2v) is 7.77. The molecule has 8 heteroatoms. The van der Waals surface area contributed by atoms with Gasteiger partial charge in [-0.25, -0.2) is 12.7 Å². The summed E-state index contributed by atoms with van der Waals surface area (Å²) in [6, 6.07) is 13.6. The number of halogens is 1. The van der Waals surface area contributed by atoms with Crippen molar-refractivity contribution in [2.75, 3.05) is 14.1 Å². The van der Waals surface area contributed by atoms with Crippen LogP contribution in [0.4, 0.5) is 0 Å². The zero-order chi connectivity index (χ0) is 17.3. The monoisotopic (exact) mass is 363 g/mol. The maximum atomic E-state index is 12.3. The first kappa shape index (κ1) is 16.6. The maximum Gasteiger partial charge on any atom is 0.249 e. The molecule has 3 aromatic rings. The van der Waals surface area contributed by atoms with Gasteiger partial charge >= 0.3 is 0 Å². The lowest BCUT2D eigenvalue weighted by Gasteiger charge is -2.12. The lowest BCUT2D eigenvalue weighted by molar-refractivity contribution is 0.520. The smallest absolute Gasteiger partial charge is 0.249 e. The Bertz CT molecular complexity index is 969. The third kappa shape index (κ3) is 3.06. The minimum atomic E-state index is -3.58. The molecule has 0 bridgehead atoms. The van der Waals surface area contributed by atoms with Crippen LogP contribution in [0.3, 0.4) is 0 Å². The summed E-state index contributed by atoms with van der Waals surface area (Å²) < 4.78 is 31.3. The molecule has 1 aromatic heterocycles. The molecule has 0 amide bonds. The molecule has 124 valence electrons. The van der Waals surface area contributed by atoms with Gasteiger partial charge in [-0.05, 0) is 30.3 Å². The van der Waals surface area contributed by atoms with E-state index >= 15 is 0 Å². The van der Waals surface area contributed by atoms with Gasteiger partial charge in [-0.2, -0.15) is 0 Å². The van der Waals surface area contributed by atoms with Crippen molar-refractivity contribution in [2.24, 2.45) is 0 Å². The molecular weight excluding hydrogens is 350 g/mol.